The van der Waals surface area contributed by atoms with Gasteiger partial charge in [0.05, 0.1) is 18.8 Å². The molecule has 0 aliphatic rings. The third-order valence-electron chi connectivity index (χ3n) is 10.1. The molecule has 0 rings (SSSR count). The molecule has 5 nitrogen and oxygen atoms in total. The van der Waals surface area contributed by atoms with Gasteiger partial charge in [-0.2, -0.15) is 0 Å². The van der Waals surface area contributed by atoms with Gasteiger partial charge in [0.1, 0.15) is 6.10 Å². The number of carbonyl (C=O) groups excluding carboxylic acids is 1. The maximum absolute atomic E-state index is 12.3. The van der Waals surface area contributed by atoms with Crippen LogP contribution in [0.25, 0.3) is 0 Å². The largest absolute Gasteiger partial charge is 0.394 e. The molecule has 0 aliphatic carbocycles. The first-order valence-electron chi connectivity index (χ1n) is 21.5. The predicted octanol–water partition coefficient (Wildman–Crippen LogP) is 12.0. The normalized spacial score (nSPS) is 13.7. The van der Waals surface area contributed by atoms with E-state index in [1.807, 2.05) is 0 Å². The lowest BCUT2D eigenvalue weighted by Crippen LogP contribution is -2.50. The average Bonchev–Trinajstić information content (AvgIpc) is 3.09. The summed E-state index contributed by atoms with van der Waals surface area (Å²) >= 11 is 0. The highest BCUT2D eigenvalue weighted by molar-refractivity contribution is 5.76. The second-order valence-electron chi connectivity index (χ2n) is 14.9. The van der Waals surface area contributed by atoms with Gasteiger partial charge < -0.3 is 20.6 Å². The zero-order valence-electron chi connectivity index (χ0n) is 32.4. The number of unbranched alkanes of at least 4 members (excludes halogenated alkanes) is 29. The number of hydrogen-bond donors (Lipinski definition) is 4. The van der Waals surface area contributed by atoms with Gasteiger partial charge >= 0.3 is 0 Å². The Morgan fingerprint density at radius 2 is 0.833 bits per heavy atom. The minimum Gasteiger partial charge on any atom is -0.394 e. The smallest absolute Gasteiger partial charge is 0.220 e. The van der Waals surface area contributed by atoms with Gasteiger partial charge in [-0.3, -0.25) is 4.79 Å². The summed E-state index contributed by atoms with van der Waals surface area (Å²) in [4.78, 5) is 12.3. The first-order valence-corrected chi connectivity index (χ1v) is 21.5. The minimum atomic E-state index is -1.15. The van der Waals surface area contributed by atoms with Crippen LogP contribution in [-0.2, 0) is 4.79 Å². The molecule has 0 fully saturated rings. The second-order valence-corrected chi connectivity index (χ2v) is 14.9. The SMILES string of the molecule is CCCCCCCCCCCCCCCCCCCC/C=C/CCCC(O)C(O)C(CO)NC(=O)CCCCCCCCCCCCC. The highest BCUT2D eigenvalue weighted by Crippen LogP contribution is 2.16. The van der Waals surface area contributed by atoms with Crippen molar-refractivity contribution in [1.82, 2.24) is 5.32 Å². The van der Waals surface area contributed by atoms with E-state index in [0.717, 1.165) is 38.5 Å². The van der Waals surface area contributed by atoms with Gasteiger partial charge in [-0.1, -0.05) is 199 Å². The Hall–Kier alpha value is -0.910. The summed E-state index contributed by atoms with van der Waals surface area (Å²) in [6.07, 6.45) is 44.7. The van der Waals surface area contributed by atoms with Crippen LogP contribution in [0.15, 0.2) is 12.2 Å². The van der Waals surface area contributed by atoms with Crippen molar-refractivity contribution in [2.24, 2.45) is 0 Å². The molecule has 0 aromatic rings. The monoisotopic (exact) mass is 680 g/mol. The molecular formula is C43H85NO4. The van der Waals surface area contributed by atoms with Crippen LogP contribution < -0.4 is 5.32 Å². The molecular weight excluding hydrogens is 594 g/mol. The second kappa shape index (κ2) is 38.9. The molecule has 0 spiro atoms. The number of carbonyl (C=O) groups is 1. The number of nitrogens with one attached hydrogen (secondary N) is 1. The molecule has 1 amide bonds. The van der Waals surface area contributed by atoms with Gasteiger partial charge in [0.2, 0.25) is 5.91 Å². The van der Waals surface area contributed by atoms with E-state index in [2.05, 4.69) is 31.3 Å². The lowest BCUT2D eigenvalue weighted by Gasteiger charge is -2.26. The third-order valence-corrected chi connectivity index (χ3v) is 10.1. The number of aliphatic hydroxyl groups is 3. The lowest BCUT2D eigenvalue weighted by molar-refractivity contribution is -0.124. The van der Waals surface area contributed by atoms with Crippen molar-refractivity contribution in [3.05, 3.63) is 12.2 Å². The first kappa shape index (κ1) is 47.1. The fourth-order valence-electron chi connectivity index (χ4n) is 6.75. The third kappa shape index (κ3) is 33.6. The number of aliphatic hydroxyl groups excluding tert-OH is 3. The van der Waals surface area contributed by atoms with Crippen molar-refractivity contribution in [2.45, 2.75) is 250 Å². The Morgan fingerprint density at radius 3 is 1.21 bits per heavy atom. The van der Waals surface area contributed by atoms with Crippen LogP contribution in [0.2, 0.25) is 0 Å². The van der Waals surface area contributed by atoms with E-state index >= 15 is 0 Å². The Bertz CT molecular complexity index is 669. The molecule has 0 saturated carbocycles. The van der Waals surface area contributed by atoms with Crippen LogP contribution in [0.5, 0.6) is 0 Å². The van der Waals surface area contributed by atoms with Crippen LogP contribution in [-0.4, -0.2) is 46.1 Å². The molecule has 0 heterocycles. The fraction of sp³-hybridized carbons (Fsp3) is 0.930. The topological polar surface area (TPSA) is 89.8 Å². The Kier molecular flexibility index (Phi) is 38.1. The van der Waals surface area contributed by atoms with Crippen molar-refractivity contribution >= 4 is 5.91 Å². The highest BCUT2D eigenvalue weighted by atomic mass is 16.3. The van der Waals surface area contributed by atoms with Gasteiger partial charge in [-0.25, -0.2) is 0 Å². The van der Waals surface area contributed by atoms with Crippen LogP contribution in [0.4, 0.5) is 0 Å². The summed E-state index contributed by atoms with van der Waals surface area (Å²) in [6, 6.07) is -0.819. The molecule has 5 heteroatoms. The predicted molar refractivity (Wildman–Crippen MR) is 208 cm³/mol. The zero-order chi connectivity index (χ0) is 35.2. The number of rotatable bonds is 39. The van der Waals surface area contributed by atoms with E-state index in [1.54, 1.807) is 0 Å². The van der Waals surface area contributed by atoms with Gasteiger partial charge in [0.15, 0.2) is 0 Å². The van der Waals surface area contributed by atoms with Crippen molar-refractivity contribution in [3.8, 4) is 0 Å². The number of amides is 1. The minimum absolute atomic E-state index is 0.154. The number of allylic oxidation sites excluding steroid dienone is 2. The van der Waals surface area contributed by atoms with E-state index < -0.39 is 18.2 Å². The summed E-state index contributed by atoms with van der Waals surface area (Å²) in [7, 11) is 0. The van der Waals surface area contributed by atoms with Gasteiger partial charge in [0.25, 0.3) is 0 Å². The van der Waals surface area contributed by atoms with E-state index in [0.29, 0.717) is 12.8 Å². The molecule has 286 valence electrons. The van der Waals surface area contributed by atoms with Crippen LogP contribution in [0, 0.1) is 0 Å². The van der Waals surface area contributed by atoms with Crippen molar-refractivity contribution in [1.29, 1.82) is 0 Å². The van der Waals surface area contributed by atoms with Gasteiger partial charge in [-0.05, 0) is 38.5 Å². The first-order chi connectivity index (χ1) is 23.6. The van der Waals surface area contributed by atoms with E-state index in [9.17, 15) is 20.1 Å². The summed E-state index contributed by atoms with van der Waals surface area (Å²) in [6.45, 7) is 4.16. The molecule has 0 aromatic carbocycles. The quantitative estimate of drug-likeness (QED) is 0.0384. The van der Waals surface area contributed by atoms with Crippen molar-refractivity contribution < 1.29 is 20.1 Å². The molecule has 3 atom stereocenters. The molecule has 48 heavy (non-hydrogen) atoms. The molecule has 3 unspecified atom stereocenters. The van der Waals surface area contributed by atoms with E-state index in [1.165, 1.54) is 167 Å². The van der Waals surface area contributed by atoms with E-state index in [-0.39, 0.29) is 12.5 Å². The van der Waals surface area contributed by atoms with Gasteiger partial charge in [-0.15, -0.1) is 0 Å². The molecule has 0 aromatic heterocycles. The number of hydrogen-bond acceptors (Lipinski definition) is 4. The molecule has 0 saturated heterocycles. The standard InChI is InChI=1S/C43H85NO4/c1-3-5-7-9-11-13-15-16-17-18-19-20-21-22-23-24-25-26-28-29-31-33-35-37-41(46)43(48)40(39-45)44-42(47)38-36-34-32-30-27-14-12-10-8-6-4-2/h29,31,40-41,43,45-46,48H,3-28,30,32-39H2,1-2H3,(H,44,47)/b31-29+. The summed E-state index contributed by atoms with van der Waals surface area (Å²) in [5, 5.41) is 33.4. The van der Waals surface area contributed by atoms with E-state index in [4.69, 9.17) is 0 Å². The lowest BCUT2D eigenvalue weighted by atomic mass is 10.0. The van der Waals surface area contributed by atoms with Crippen LogP contribution in [0.3, 0.4) is 0 Å². The maximum atomic E-state index is 12.3. The molecule has 4 N–H and O–H groups in total. The Morgan fingerprint density at radius 1 is 0.500 bits per heavy atom. The summed E-state index contributed by atoms with van der Waals surface area (Å²) in [5.74, 6) is -0.154. The molecule has 0 bridgehead atoms. The molecule has 0 aliphatic heterocycles. The van der Waals surface area contributed by atoms with Crippen molar-refractivity contribution in [3.63, 3.8) is 0 Å². The van der Waals surface area contributed by atoms with Crippen LogP contribution in [0.1, 0.15) is 232 Å². The highest BCUT2D eigenvalue weighted by Gasteiger charge is 2.26. The average molecular weight is 680 g/mol. The van der Waals surface area contributed by atoms with Crippen molar-refractivity contribution in [2.75, 3.05) is 6.61 Å². The molecule has 0 radical (unpaired) electrons. The van der Waals surface area contributed by atoms with Crippen LogP contribution >= 0.6 is 0 Å². The summed E-state index contributed by atoms with van der Waals surface area (Å²) in [5.41, 5.74) is 0. The Labute approximate surface area is 299 Å². The fourth-order valence-corrected chi connectivity index (χ4v) is 6.75. The van der Waals surface area contributed by atoms with Gasteiger partial charge in [0, 0.05) is 6.42 Å². The Balaban J connectivity index is 3.60. The summed E-state index contributed by atoms with van der Waals surface area (Å²) < 4.78 is 0. The zero-order valence-corrected chi connectivity index (χ0v) is 32.4. The maximum Gasteiger partial charge on any atom is 0.220 e.